The number of aliphatic carboxylic acids is 1. The molecule has 0 aliphatic carbocycles. The zero-order chi connectivity index (χ0) is 9.84. The molecule has 0 unspecified atom stereocenters. The van der Waals surface area contributed by atoms with Crippen molar-refractivity contribution < 1.29 is 9.90 Å². The Morgan fingerprint density at radius 2 is 1.92 bits per heavy atom. The van der Waals surface area contributed by atoms with Crippen LogP contribution in [0.25, 0.3) is 0 Å². The lowest BCUT2D eigenvalue weighted by molar-refractivity contribution is -0.138. The fraction of sp³-hybridized carbons (Fsp3) is 0.222. The highest BCUT2D eigenvalue weighted by molar-refractivity contribution is 7.80. The molecule has 13 heavy (non-hydrogen) atoms. The van der Waals surface area contributed by atoms with E-state index in [1.807, 2.05) is 18.2 Å². The summed E-state index contributed by atoms with van der Waals surface area (Å²) in [7, 11) is 0. The summed E-state index contributed by atoms with van der Waals surface area (Å²) in [5.74, 6) is -1.04. The summed E-state index contributed by atoms with van der Waals surface area (Å²) < 4.78 is 0. The van der Waals surface area contributed by atoms with E-state index in [0.717, 1.165) is 5.56 Å². The van der Waals surface area contributed by atoms with Crippen molar-refractivity contribution in [2.45, 2.75) is 11.3 Å². The lowest BCUT2D eigenvalue weighted by Gasteiger charge is -2.14. The molecule has 0 aliphatic rings. The standard InChI is InChI=1S/C9H11NO2S/c10-7(9(11)12)8(13)6-4-2-1-3-5-6/h1-5,7-8,13H,10H2,(H,11,12)/t7-,8-/m0/s1. The van der Waals surface area contributed by atoms with Gasteiger partial charge in [0.05, 0.1) is 5.25 Å². The molecule has 0 aromatic heterocycles. The van der Waals surface area contributed by atoms with Gasteiger partial charge in [0.15, 0.2) is 0 Å². The van der Waals surface area contributed by atoms with Gasteiger partial charge < -0.3 is 10.8 Å². The van der Waals surface area contributed by atoms with Crippen molar-refractivity contribution in [3.05, 3.63) is 35.9 Å². The second-order valence-corrected chi connectivity index (χ2v) is 3.28. The number of nitrogens with two attached hydrogens (primary N) is 1. The summed E-state index contributed by atoms with van der Waals surface area (Å²) in [6.45, 7) is 0. The van der Waals surface area contributed by atoms with Gasteiger partial charge in [-0.05, 0) is 5.56 Å². The molecular formula is C9H11NO2S. The molecule has 4 heteroatoms. The van der Waals surface area contributed by atoms with E-state index in [9.17, 15) is 4.79 Å². The Balaban J connectivity index is 2.79. The molecule has 0 saturated carbocycles. The molecule has 0 heterocycles. The van der Waals surface area contributed by atoms with Gasteiger partial charge in [0, 0.05) is 0 Å². The Morgan fingerprint density at radius 1 is 1.38 bits per heavy atom. The maximum Gasteiger partial charge on any atom is 0.321 e. The van der Waals surface area contributed by atoms with Gasteiger partial charge in [-0.15, -0.1) is 0 Å². The van der Waals surface area contributed by atoms with E-state index < -0.39 is 17.3 Å². The summed E-state index contributed by atoms with van der Waals surface area (Å²) >= 11 is 4.15. The van der Waals surface area contributed by atoms with Gasteiger partial charge in [0.1, 0.15) is 6.04 Å². The zero-order valence-electron chi connectivity index (χ0n) is 6.92. The minimum absolute atomic E-state index is 0.460. The number of carboxylic acids is 1. The van der Waals surface area contributed by atoms with Crippen molar-refractivity contribution in [1.29, 1.82) is 0 Å². The lowest BCUT2D eigenvalue weighted by atomic mass is 10.1. The van der Waals surface area contributed by atoms with E-state index in [1.54, 1.807) is 12.1 Å². The van der Waals surface area contributed by atoms with Crippen molar-refractivity contribution in [1.82, 2.24) is 0 Å². The third-order valence-corrected chi connectivity index (χ3v) is 2.39. The zero-order valence-corrected chi connectivity index (χ0v) is 7.82. The third kappa shape index (κ3) is 2.47. The number of hydrogen-bond donors (Lipinski definition) is 3. The first kappa shape index (κ1) is 10.1. The quantitative estimate of drug-likeness (QED) is 0.635. The van der Waals surface area contributed by atoms with Gasteiger partial charge in [-0.25, -0.2) is 0 Å². The highest BCUT2D eigenvalue weighted by Gasteiger charge is 2.21. The van der Waals surface area contributed by atoms with Crippen molar-refractivity contribution in [3.63, 3.8) is 0 Å². The van der Waals surface area contributed by atoms with Crippen molar-refractivity contribution in [3.8, 4) is 0 Å². The summed E-state index contributed by atoms with van der Waals surface area (Å²) in [5.41, 5.74) is 6.24. The minimum Gasteiger partial charge on any atom is -0.480 e. The predicted molar refractivity (Wildman–Crippen MR) is 53.8 cm³/mol. The van der Waals surface area contributed by atoms with Crippen molar-refractivity contribution in [2.24, 2.45) is 5.73 Å². The van der Waals surface area contributed by atoms with Crippen molar-refractivity contribution >= 4 is 18.6 Å². The molecule has 0 bridgehead atoms. The van der Waals surface area contributed by atoms with Gasteiger partial charge in [0.2, 0.25) is 0 Å². The molecule has 0 saturated heterocycles. The largest absolute Gasteiger partial charge is 0.480 e. The molecule has 1 aromatic rings. The number of thiol groups is 1. The van der Waals surface area contributed by atoms with E-state index in [1.165, 1.54) is 0 Å². The molecule has 0 amide bonds. The van der Waals surface area contributed by atoms with Crippen LogP contribution in [0, 0.1) is 0 Å². The highest BCUT2D eigenvalue weighted by Crippen LogP contribution is 2.22. The molecule has 0 spiro atoms. The summed E-state index contributed by atoms with van der Waals surface area (Å²) in [5, 5.41) is 8.18. The minimum atomic E-state index is -1.04. The fourth-order valence-electron chi connectivity index (χ4n) is 0.993. The predicted octanol–water partition coefficient (Wildman–Crippen LogP) is 1.07. The topological polar surface area (TPSA) is 63.3 Å². The number of hydrogen-bond acceptors (Lipinski definition) is 3. The Labute approximate surface area is 82.0 Å². The molecule has 0 fully saturated rings. The molecule has 70 valence electrons. The summed E-state index contributed by atoms with van der Waals surface area (Å²) in [6.07, 6.45) is 0. The lowest BCUT2D eigenvalue weighted by Crippen LogP contribution is -2.34. The molecule has 1 aromatic carbocycles. The first-order valence-corrected chi connectivity index (χ1v) is 4.36. The molecular weight excluding hydrogens is 186 g/mol. The van der Waals surface area contributed by atoms with Crippen LogP contribution in [-0.4, -0.2) is 17.1 Å². The summed E-state index contributed by atoms with van der Waals surface area (Å²) in [6, 6.07) is 8.16. The average Bonchev–Trinajstić information content (AvgIpc) is 2.17. The summed E-state index contributed by atoms with van der Waals surface area (Å²) in [4.78, 5) is 10.5. The van der Waals surface area contributed by atoms with Crippen LogP contribution >= 0.6 is 12.6 Å². The van der Waals surface area contributed by atoms with Crippen LogP contribution in [0.2, 0.25) is 0 Å². The molecule has 0 radical (unpaired) electrons. The van der Waals surface area contributed by atoms with Crippen LogP contribution in [0.5, 0.6) is 0 Å². The number of carboxylic acid groups (broad SMARTS) is 1. The van der Waals surface area contributed by atoms with Crippen LogP contribution in [0.3, 0.4) is 0 Å². The highest BCUT2D eigenvalue weighted by atomic mass is 32.1. The van der Waals surface area contributed by atoms with E-state index >= 15 is 0 Å². The van der Waals surface area contributed by atoms with Gasteiger partial charge in [-0.2, -0.15) is 12.6 Å². The van der Waals surface area contributed by atoms with Crippen LogP contribution in [0.1, 0.15) is 10.8 Å². The molecule has 0 aliphatic heterocycles. The Kier molecular flexibility index (Phi) is 3.33. The second kappa shape index (κ2) is 4.30. The second-order valence-electron chi connectivity index (χ2n) is 2.72. The first-order chi connectivity index (χ1) is 6.13. The molecule has 2 atom stereocenters. The van der Waals surface area contributed by atoms with Gasteiger partial charge >= 0.3 is 5.97 Å². The van der Waals surface area contributed by atoms with E-state index in [4.69, 9.17) is 10.8 Å². The van der Waals surface area contributed by atoms with Crippen LogP contribution in [0.15, 0.2) is 30.3 Å². The van der Waals surface area contributed by atoms with Gasteiger partial charge in [-0.3, -0.25) is 4.79 Å². The average molecular weight is 197 g/mol. The Hall–Kier alpha value is -1.00. The maximum absolute atomic E-state index is 10.5. The maximum atomic E-state index is 10.5. The first-order valence-electron chi connectivity index (χ1n) is 3.84. The molecule has 3 nitrogen and oxygen atoms in total. The van der Waals surface area contributed by atoms with Gasteiger partial charge in [0.25, 0.3) is 0 Å². The molecule has 3 N–H and O–H groups in total. The molecule has 1 rings (SSSR count). The Bertz CT molecular complexity index is 289. The third-order valence-electron chi connectivity index (χ3n) is 1.77. The van der Waals surface area contributed by atoms with Gasteiger partial charge in [-0.1, -0.05) is 30.3 Å². The number of rotatable bonds is 3. The monoisotopic (exact) mass is 197 g/mol. The van der Waals surface area contributed by atoms with Crippen LogP contribution < -0.4 is 5.73 Å². The fourth-order valence-corrected chi connectivity index (χ4v) is 1.29. The van der Waals surface area contributed by atoms with Crippen molar-refractivity contribution in [2.75, 3.05) is 0 Å². The Morgan fingerprint density at radius 3 is 2.38 bits per heavy atom. The van der Waals surface area contributed by atoms with E-state index in [2.05, 4.69) is 12.6 Å². The normalized spacial score (nSPS) is 14.9. The van der Waals surface area contributed by atoms with Crippen LogP contribution in [0.4, 0.5) is 0 Å². The van der Waals surface area contributed by atoms with E-state index in [-0.39, 0.29) is 0 Å². The smallest absolute Gasteiger partial charge is 0.321 e. The number of carbonyl (C=O) groups is 1. The van der Waals surface area contributed by atoms with Crippen LogP contribution in [-0.2, 0) is 4.79 Å². The SMILES string of the molecule is N[C@H](C(=O)O)[C@@H](S)c1ccccc1. The number of benzene rings is 1. The van der Waals surface area contributed by atoms with E-state index in [0.29, 0.717) is 0 Å².